The molecule has 100 valence electrons. The molecule has 0 amide bonds. The summed E-state index contributed by atoms with van der Waals surface area (Å²) < 4.78 is 10.2. The molecular formula is C9H18N2O6. The molecule has 1 saturated heterocycles. The third-order valence-corrected chi connectivity index (χ3v) is 2.46. The molecule has 1 aliphatic rings. The number of aliphatic hydroxyl groups excluding tert-OH is 4. The fourth-order valence-corrected chi connectivity index (χ4v) is 1.50. The smallest absolute Gasteiger partial charge is 0.186 e. The van der Waals surface area contributed by atoms with Crippen molar-refractivity contribution in [1.29, 1.82) is 0 Å². The van der Waals surface area contributed by atoms with Crippen LogP contribution in [0, 0.1) is 0 Å². The van der Waals surface area contributed by atoms with Crippen LogP contribution in [0.5, 0.6) is 0 Å². The van der Waals surface area contributed by atoms with Gasteiger partial charge in [-0.1, -0.05) is 0 Å². The van der Waals surface area contributed by atoms with E-state index in [0.29, 0.717) is 6.54 Å². The van der Waals surface area contributed by atoms with Crippen molar-refractivity contribution in [3.8, 4) is 0 Å². The predicted octanol–water partition coefficient (Wildman–Crippen LogP) is -2.99. The van der Waals surface area contributed by atoms with E-state index in [4.69, 9.17) is 14.6 Å². The molecule has 8 heteroatoms. The van der Waals surface area contributed by atoms with Crippen molar-refractivity contribution in [2.45, 2.75) is 30.7 Å². The molecule has 0 aromatic carbocycles. The number of hydrazone groups is 1. The van der Waals surface area contributed by atoms with Gasteiger partial charge in [0, 0.05) is 6.72 Å². The minimum absolute atomic E-state index is 0.168. The van der Waals surface area contributed by atoms with Crippen molar-refractivity contribution < 1.29 is 29.9 Å². The number of hydrogen-bond donors (Lipinski definition) is 5. The van der Waals surface area contributed by atoms with Crippen LogP contribution >= 0.6 is 0 Å². The number of aliphatic hydroxyl groups is 4. The van der Waals surface area contributed by atoms with Gasteiger partial charge in [0.2, 0.25) is 0 Å². The highest BCUT2D eigenvalue weighted by Gasteiger charge is 2.43. The summed E-state index contributed by atoms with van der Waals surface area (Å²) in [5.41, 5.74) is 2.54. The van der Waals surface area contributed by atoms with Crippen molar-refractivity contribution >= 4 is 6.72 Å². The first-order chi connectivity index (χ1) is 8.11. The summed E-state index contributed by atoms with van der Waals surface area (Å²) in [6, 6.07) is 0. The van der Waals surface area contributed by atoms with E-state index in [1.165, 1.54) is 0 Å². The van der Waals surface area contributed by atoms with E-state index in [1.807, 2.05) is 0 Å². The third kappa shape index (κ3) is 3.60. The molecule has 0 radical (unpaired) electrons. The van der Waals surface area contributed by atoms with Crippen LogP contribution in [0.4, 0.5) is 0 Å². The summed E-state index contributed by atoms with van der Waals surface area (Å²) in [7, 11) is 0. The first kappa shape index (κ1) is 14.3. The SMILES string of the molecule is C=NNCCO[C@@H]1OC(CO)[C@@H](O)C(O)C1O. The zero-order chi connectivity index (χ0) is 12.8. The number of nitrogens with zero attached hydrogens (tertiary/aromatic N) is 1. The summed E-state index contributed by atoms with van der Waals surface area (Å²) in [4.78, 5) is 0. The van der Waals surface area contributed by atoms with Gasteiger partial charge in [-0.15, -0.1) is 0 Å². The number of hydrogen-bond acceptors (Lipinski definition) is 8. The van der Waals surface area contributed by atoms with Gasteiger partial charge in [-0.2, -0.15) is 5.10 Å². The third-order valence-electron chi connectivity index (χ3n) is 2.46. The summed E-state index contributed by atoms with van der Waals surface area (Å²) in [5.74, 6) is 0. The number of rotatable bonds is 6. The largest absolute Gasteiger partial charge is 0.394 e. The molecule has 0 aromatic heterocycles. The van der Waals surface area contributed by atoms with Gasteiger partial charge in [0.25, 0.3) is 0 Å². The second-order valence-corrected chi connectivity index (χ2v) is 3.63. The van der Waals surface area contributed by atoms with Gasteiger partial charge < -0.3 is 35.3 Å². The van der Waals surface area contributed by atoms with Crippen LogP contribution in [0.3, 0.4) is 0 Å². The lowest BCUT2D eigenvalue weighted by Crippen LogP contribution is -2.59. The molecule has 0 spiro atoms. The van der Waals surface area contributed by atoms with Crippen molar-refractivity contribution in [3.05, 3.63) is 0 Å². The summed E-state index contributed by atoms with van der Waals surface area (Å²) in [5, 5.41) is 40.8. The minimum atomic E-state index is -1.42. The highest BCUT2D eigenvalue weighted by molar-refractivity contribution is 5.22. The van der Waals surface area contributed by atoms with Crippen molar-refractivity contribution in [1.82, 2.24) is 5.43 Å². The van der Waals surface area contributed by atoms with Crippen LogP contribution in [0.2, 0.25) is 0 Å². The Morgan fingerprint density at radius 2 is 1.94 bits per heavy atom. The molecule has 0 saturated carbocycles. The van der Waals surface area contributed by atoms with Crippen LogP contribution in [0.1, 0.15) is 0 Å². The maximum absolute atomic E-state index is 9.58. The molecule has 1 aliphatic heterocycles. The zero-order valence-corrected chi connectivity index (χ0v) is 9.27. The quantitative estimate of drug-likeness (QED) is 0.193. The van der Waals surface area contributed by atoms with Crippen LogP contribution in [0.25, 0.3) is 0 Å². The van der Waals surface area contributed by atoms with E-state index in [-0.39, 0.29) is 6.61 Å². The van der Waals surface area contributed by atoms with Gasteiger partial charge in [0.1, 0.15) is 24.4 Å². The van der Waals surface area contributed by atoms with Crippen LogP contribution in [-0.2, 0) is 9.47 Å². The van der Waals surface area contributed by atoms with Crippen molar-refractivity contribution in [2.75, 3.05) is 19.8 Å². The average Bonchev–Trinajstić information content (AvgIpc) is 2.34. The number of nitrogens with one attached hydrogen (secondary N) is 1. The lowest BCUT2D eigenvalue weighted by atomic mass is 9.99. The molecule has 0 bridgehead atoms. The molecule has 3 unspecified atom stereocenters. The summed E-state index contributed by atoms with van der Waals surface area (Å²) in [6.07, 6.45) is -6.22. The lowest BCUT2D eigenvalue weighted by Gasteiger charge is -2.39. The fourth-order valence-electron chi connectivity index (χ4n) is 1.50. The topological polar surface area (TPSA) is 124 Å². The highest BCUT2D eigenvalue weighted by Crippen LogP contribution is 2.21. The van der Waals surface area contributed by atoms with Gasteiger partial charge >= 0.3 is 0 Å². The first-order valence-electron chi connectivity index (χ1n) is 5.22. The van der Waals surface area contributed by atoms with Crippen molar-refractivity contribution in [3.63, 3.8) is 0 Å². The number of ether oxygens (including phenoxy) is 2. The van der Waals surface area contributed by atoms with Gasteiger partial charge in [0.15, 0.2) is 6.29 Å². The zero-order valence-electron chi connectivity index (χ0n) is 9.27. The van der Waals surface area contributed by atoms with Crippen LogP contribution in [-0.4, -0.2) is 77.6 Å². The minimum Gasteiger partial charge on any atom is -0.394 e. The molecule has 5 atom stereocenters. The van der Waals surface area contributed by atoms with E-state index in [9.17, 15) is 15.3 Å². The van der Waals surface area contributed by atoms with Crippen LogP contribution < -0.4 is 5.43 Å². The van der Waals surface area contributed by atoms with E-state index >= 15 is 0 Å². The van der Waals surface area contributed by atoms with E-state index < -0.39 is 37.3 Å². The van der Waals surface area contributed by atoms with Gasteiger partial charge in [-0.05, 0) is 0 Å². The molecule has 8 nitrogen and oxygen atoms in total. The van der Waals surface area contributed by atoms with E-state index in [1.54, 1.807) is 0 Å². The highest BCUT2D eigenvalue weighted by atomic mass is 16.7. The Kier molecular flexibility index (Phi) is 5.75. The second kappa shape index (κ2) is 6.84. The van der Waals surface area contributed by atoms with Gasteiger partial charge in [0.05, 0.1) is 19.8 Å². The molecule has 0 aromatic rings. The Morgan fingerprint density at radius 3 is 2.53 bits per heavy atom. The molecule has 1 fully saturated rings. The lowest BCUT2D eigenvalue weighted by molar-refractivity contribution is -0.300. The summed E-state index contributed by atoms with van der Waals surface area (Å²) in [6.45, 7) is 3.26. The monoisotopic (exact) mass is 250 g/mol. The first-order valence-corrected chi connectivity index (χ1v) is 5.22. The Hall–Kier alpha value is -0.770. The Labute approximate surface area is 98.5 Å². The van der Waals surface area contributed by atoms with Crippen molar-refractivity contribution in [2.24, 2.45) is 5.10 Å². The molecule has 1 heterocycles. The molecular weight excluding hydrogens is 232 g/mol. The standard InChI is InChI=1S/C9H18N2O6/c1-10-11-2-3-16-9-8(15)7(14)6(13)5(4-12)17-9/h5-9,11-15H,1-4H2/t5?,6-,7?,8?,9-/m1/s1. The Balaban J connectivity index is 2.44. The summed E-state index contributed by atoms with van der Waals surface area (Å²) >= 11 is 0. The Morgan fingerprint density at radius 1 is 1.24 bits per heavy atom. The maximum Gasteiger partial charge on any atom is 0.186 e. The molecule has 5 N–H and O–H groups in total. The normalized spacial score (nSPS) is 37.8. The van der Waals surface area contributed by atoms with Crippen LogP contribution in [0.15, 0.2) is 5.10 Å². The van der Waals surface area contributed by atoms with Gasteiger partial charge in [-0.25, -0.2) is 0 Å². The fraction of sp³-hybridized carbons (Fsp3) is 0.889. The molecule has 0 aliphatic carbocycles. The molecule has 17 heavy (non-hydrogen) atoms. The molecule has 1 rings (SSSR count). The predicted molar refractivity (Wildman–Crippen MR) is 57.3 cm³/mol. The maximum atomic E-state index is 9.58. The second-order valence-electron chi connectivity index (χ2n) is 3.63. The van der Waals surface area contributed by atoms with Gasteiger partial charge in [-0.3, -0.25) is 0 Å². The Bertz CT molecular complexity index is 240. The van der Waals surface area contributed by atoms with E-state index in [2.05, 4.69) is 17.2 Å². The van der Waals surface area contributed by atoms with E-state index in [0.717, 1.165) is 0 Å². The average molecular weight is 250 g/mol.